The van der Waals surface area contributed by atoms with Gasteiger partial charge in [0.15, 0.2) is 12.0 Å². The molecule has 0 N–H and O–H groups in total. The molecule has 0 bridgehead atoms. The van der Waals surface area contributed by atoms with E-state index in [1.165, 1.54) is 0 Å². The summed E-state index contributed by atoms with van der Waals surface area (Å²) >= 11 is 0. The van der Waals surface area contributed by atoms with Crippen molar-refractivity contribution in [2.75, 3.05) is 0 Å². The van der Waals surface area contributed by atoms with E-state index in [0.717, 1.165) is 11.1 Å². The minimum atomic E-state index is -1.84. The Kier molecular flexibility index (Phi) is 5.80. The largest absolute Gasteiger partial charge is 0.324 e. The first-order chi connectivity index (χ1) is 18.6. The molecule has 0 spiro atoms. The lowest BCUT2D eigenvalue weighted by Crippen LogP contribution is -2.48. The fraction of sp³-hybridized carbons (Fsp3) is 0.0606. The molecule has 0 aliphatic carbocycles. The molecule has 5 nitrogen and oxygen atoms in total. The number of fused-ring (bicyclic) bond motifs is 3. The number of nitriles is 1. The van der Waals surface area contributed by atoms with E-state index in [2.05, 4.69) is 6.07 Å². The van der Waals surface area contributed by atoms with Crippen molar-refractivity contribution in [3.63, 3.8) is 0 Å². The molecule has 2 atom stereocenters. The Labute approximate surface area is 220 Å². The maximum atomic E-state index is 14.3. The molecule has 0 aromatic heterocycles. The summed E-state index contributed by atoms with van der Waals surface area (Å²) in [6, 6.07) is 36.4. The van der Waals surface area contributed by atoms with Gasteiger partial charge in [0.25, 0.3) is 0 Å². The van der Waals surface area contributed by atoms with Gasteiger partial charge in [0.2, 0.25) is 11.4 Å². The molecule has 2 aliphatic rings. The van der Waals surface area contributed by atoms with Gasteiger partial charge in [-0.1, -0.05) is 115 Å². The normalized spacial score (nSPS) is 19.8. The van der Waals surface area contributed by atoms with Gasteiger partial charge >= 0.3 is 0 Å². The number of carbonyl (C=O) groups excluding carboxylic acids is 2. The first-order valence-electron chi connectivity index (χ1n) is 12.3. The van der Waals surface area contributed by atoms with Gasteiger partial charge in [-0.05, 0) is 11.6 Å². The topological polar surface area (TPSA) is 70.4 Å². The standard InChI is InChI=1S/C33H22N2O3/c34-22-33(26-17-8-3-9-18-26)28(30(36)24-13-4-1-5-14-24)29(31(37)25-15-6-2-7-16-25)35-21-20-23-12-10-11-19-27(23)32(35)38-33/h1-21,32H. The third-order valence-electron chi connectivity index (χ3n) is 6.92. The van der Waals surface area contributed by atoms with Gasteiger partial charge in [0, 0.05) is 28.5 Å². The van der Waals surface area contributed by atoms with Crippen LogP contribution in [-0.2, 0) is 10.3 Å². The Morgan fingerprint density at radius 3 is 1.92 bits per heavy atom. The molecule has 5 heteroatoms. The molecular weight excluding hydrogens is 472 g/mol. The first kappa shape index (κ1) is 23.4. The highest BCUT2D eigenvalue weighted by Crippen LogP contribution is 2.50. The zero-order valence-corrected chi connectivity index (χ0v) is 20.3. The van der Waals surface area contributed by atoms with Crippen LogP contribution in [0.4, 0.5) is 0 Å². The number of allylic oxidation sites excluding steroid dienone is 1. The SMILES string of the molecule is N#CC1(c2ccccc2)OC2c3ccccc3C=CN2C(C(=O)c2ccccc2)=C1C(=O)c1ccccc1. The monoisotopic (exact) mass is 494 g/mol. The summed E-state index contributed by atoms with van der Waals surface area (Å²) in [5.74, 6) is -0.807. The van der Waals surface area contributed by atoms with Crippen LogP contribution in [0.2, 0.25) is 0 Å². The fourth-order valence-electron chi connectivity index (χ4n) is 5.10. The van der Waals surface area contributed by atoms with Crippen molar-refractivity contribution in [1.82, 2.24) is 4.90 Å². The van der Waals surface area contributed by atoms with E-state index < -0.39 is 17.6 Å². The zero-order chi connectivity index (χ0) is 26.1. The number of hydrogen-bond donors (Lipinski definition) is 0. The number of rotatable bonds is 5. The Balaban J connectivity index is 1.71. The van der Waals surface area contributed by atoms with Gasteiger partial charge in [0.1, 0.15) is 11.8 Å². The van der Waals surface area contributed by atoms with E-state index in [9.17, 15) is 14.9 Å². The van der Waals surface area contributed by atoms with Gasteiger partial charge in [-0.3, -0.25) is 9.59 Å². The highest BCUT2D eigenvalue weighted by atomic mass is 16.5. The summed E-state index contributed by atoms with van der Waals surface area (Å²) in [5, 5.41) is 10.9. The Morgan fingerprint density at radius 2 is 1.29 bits per heavy atom. The van der Waals surface area contributed by atoms with Crippen molar-refractivity contribution in [3.05, 3.63) is 161 Å². The minimum Gasteiger partial charge on any atom is -0.324 e. The predicted octanol–water partition coefficient (Wildman–Crippen LogP) is 6.44. The van der Waals surface area contributed by atoms with Gasteiger partial charge in [-0.15, -0.1) is 0 Å². The van der Waals surface area contributed by atoms with Crippen molar-refractivity contribution in [2.45, 2.75) is 11.8 Å². The fourth-order valence-corrected chi connectivity index (χ4v) is 5.10. The maximum Gasteiger partial charge on any atom is 0.213 e. The van der Waals surface area contributed by atoms with Crippen molar-refractivity contribution in [2.24, 2.45) is 0 Å². The summed E-state index contributed by atoms with van der Waals surface area (Å²) in [7, 11) is 0. The summed E-state index contributed by atoms with van der Waals surface area (Å²) < 4.78 is 6.69. The number of ketones is 2. The summed E-state index contributed by atoms with van der Waals surface area (Å²) in [5.41, 5.74) is 1.24. The lowest BCUT2D eigenvalue weighted by atomic mass is 9.78. The van der Waals surface area contributed by atoms with Crippen LogP contribution in [0.5, 0.6) is 0 Å². The molecule has 182 valence electrons. The third-order valence-corrected chi connectivity index (χ3v) is 6.92. The lowest BCUT2D eigenvalue weighted by molar-refractivity contribution is -0.114. The van der Waals surface area contributed by atoms with Crippen LogP contribution in [0.1, 0.15) is 43.6 Å². The van der Waals surface area contributed by atoms with Crippen LogP contribution in [0.25, 0.3) is 6.08 Å². The van der Waals surface area contributed by atoms with Crippen LogP contribution < -0.4 is 0 Å². The molecule has 6 rings (SSSR count). The molecule has 2 heterocycles. The molecule has 0 amide bonds. The molecule has 0 fully saturated rings. The number of benzene rings is 4. The van der Waals surface area contributed by atoms with E-state index in [-0.39, 0.29) is 17.1 Å². The highest BCUT2D eigenvalue weighted by Gasteiger charge is 2.53. The molecule has 0 saturated carbocycles. The van der Waals surface area contributed by atoms with Crippen molar-refractivity contribution < 1.29 is 14.3 Å². The van der Waals surface area contributed by atoms with Crippen molar-refractivity contribution >= 4 is 17.6 Å². The minimum absolute atomic E-state index is 0.00784. The number of ether oxygens (including phenoxy) is 1. The Morgan fingerprint density at radius 1 is 0.737 bits per heavy atom. The Bertz CT molecular complexity index is 1640. The van der Waals surface area contributed by atoms with Crippen molar-refractivity contribution in [3.8, 4) is 6.07 Å². The number of carbonyl (C=O) groups is 2. The molecule has 4 aromatic carbocycles. The second-order valence-electron chi connectivity index (χ2n) is 9.10. The van der Waals surface area contributed by atoms with Gasteiger partial charge in [0.05, 0.1) is 5.57 Å². The molecular formula is C33H22N2O3. The molecule has 4 aromatic rings. The van der Waals surface area contributed by atoms with Gasteiger partial charge in [-0.25, -0.2) is 0 Å². The lowest BCUT2D eigenvalue weighted by Gasteiger charge is -2.46. The van der Waals surface area contributed by atoms with Crippen LogP contribution in [0.3, 0.4) is 0 Å². The van der Waals surface area contributed by atoms with E-state index in [0.29, 0.717) is 16.7 Å². The second kappa shape index (κ2) is 9.44. The summed E-state index contributed by atoms with van der Waals surface area (Å²) in [6.07, 6.45) is 2.85. The summed E-state index contributed by atoms with van der Waals surface area (Å²) in [4.78, 5) is 30.3. The average molecular weight is 495 g/mol. The third kappa shape index (κ3) is 3.67. The maximum absolute atomic E-state index is 14.3. The average Bonchev–Trinajstić information content (AvgIpc) is 3.00. The molecule has 0 saturated heterocycles. The molecule has 0 radical (unpaired) electrons. The second-order valence-corrected chi connectivity index (χ2v) is 9.10. The molecule has 2 unspecified atom stereocenters. The van der Waals surface area contributed by atoms with Crippen LogP contribution in [-0.4, -0.2) is 16.5 Å². The van der Waals surface area contributed by atoms with E-state index in [1.54, 1.807) is 83.9 Å². The number of Topliss-reactive ketones (excluding diaryl/α,β-unsaturated/α-hetero) is 2. The van der Waals surface area contributed by atoms with Crippen LogP contribution >= 0.6 is 0 Å². The molecule has 2 aliphatic heterocycles. The van der Waals surface area contributed by atoms with Crippen molar-refractivity contribution in [1.29, 1.82) is 5.26 Å². The van der Waals surface area contributed by atoms with Gasteiger partial charge in [-0.2, -0.15) is 5.26 Å². The highest BCUT2D eigenvalue weighted by molar-refractivity contribution is 6.19. The zero-order valence-electron chi connectivity index (χ0n) is 20.3. The Hall–Kier alpha value is -5.05. The summed E-state index contributed by atoms with van der Waals surface area (Å²) in [6.45, 7) is 0. The number of hydrogen-bond acceptors (Lipinski definition) is 5. The number of nitrogens with zero attached hydrogens (tertiary/aromatic N) is 2. The quantitative estimate of drug-likeness (QED) is 0.299. The van der Waals surface area contributed by atoms with E-state index in [1.807, 2.05) is 48.5 Å². The van der Waals surface area contributed by atoms with Crippen LogP contribution in [0.15, 0.2) is 133 Å². The smallest absolute Gasteiger partial charge is 0.213 e. The van der Waals surface area contributed by atoms with E-state index >= 15 is 0 Å². The first-order valence-corrected chi connectivity index (χ1v) is 12.3. The van der Waals surface area contributed by atoms with Crippen LogP contribution in [0, 0.1) is 11.3 Å². The predicted molar refractivity (Wildman–Crippen MR) is 143 cm³/mol. The van der Waals surface area contributed by atoms with E-state index in [4.69, 9.17) is 4.74 Å². The molecule has 38 heavy (non-hydrogen) atoms. The van der Waals surface area contributed by atoms with Gasteiger partial charge < -0.3 is 9.64 Å².